The lowest BCUT2D eigenvalue weighted by molar-refractivity contribution is 0.412. The number of methoxy groups -OCH3 is 1. The lowest BCUT2D eigenvalue weighted by Crippen LogP contribution is -2.25. The van der Waals surface area contributed by atoms with Gasteiger partial charge in [0, 0.05) is 21.2 Å². The highest BCUT2D eigenvalue weighted by molar-refractivity contribution is 9.10. The molecule has 1 atom stereocenters. The highest BCUT2D eigenvalue weighted by Gasteiger charge is 2.08. The summed E-state index contributed by atoms with van der Waals surface area (Å²) in [5.41, 5.74) is 7.45. The molecule has 0 amide bonds. The molecule has 5 heteroatoms. The molecular weight excluding hydrogens is 414 g/mol. The molecule has 0 aliphatic heterocycles. The van der Waals surface area contributed by atoms with Gasteiger partial charge in [-0.25, -0.2) is 0 Å². The van der Waals surface area contributed by atoms with Gasteiger partial charge < -0.3 is 10.5 Å². The van der Waals surface area contributed by atoms with Crippen molar-refractivity contribution in [3.8, 4) is 5.75 Å². The van der Waals surface area contributed by atoms with Gasteiger partial charge in [-0.15, -0.1) is 11.8 Å². The molecule has 2 aromatic carbocycles. The first-order valence-electron chi connectivity index (χ1n) is 6.55. The molecule has 112 valence electrons. The van der Waals surface area contributed by atoms with Crippen LogP contribution < -0.4 is 10.5 Å². The molecule has 2 N–H and O–H groups in total. The summed E-state index contributed by atoms with van der Waals surface area (Å²) < 4.78 is 7.30. The quantitative estimate of drug-likeness (QED) is 0.663. The topological polar surface area (TPSA) is 35.2 Å². The number of thioether (sulfide) groups is 1. The summed E-state index contributed by atoms with van der Waals surface area (Å²) in [6, 6.07) is 14.5. The Morgan fingerprint density at radius 2 is 2.00 bits per heavy atom. The van der Waals surface area contributed by atoms with E-state index in [1.165, 1.54) is 10.5 Å². The maximum absolute atomic E-state index is 6.23. The molecule has 2 rings (SSSR count). The molecule has 0 aliphatic carbocycles. The number of rotatable bonds is 6. The Morgan fingerprint density at radius 3 is 2.67 bits per heavy atom. The van der Waals surface area contributed by atoms with Gasteiger partial charge in [-0.05, 0) is 58.2 Å². The molecule has 2 nitrogen and oxygen atoms in total. The predicted molar refractivity (Wildman–Crippen MR) is 97.2 cm³/mol. The van der Waals surface area contributed by atoms with Crippen LogP contribution in [0.1, 0.15) is 5.56 Å². The minimum atomic E-state index is 0.120. The Morgan fingerprint density at radius 1 is 1.19 bits per heavy atom. The molecule has 0 radical (unpaired) electrons. The van der Waals surface area contributed by atoms with Crippen LogP contribution in [0.15, 0.2) is 56.3 Å². The van der Waals surface area contributed by atoms with Crippen molar-refractivity contribution in [2.45, 2.75) is 17.4 Å². The Bertz CT molecular complexity index is 607. The number of ether oxygens (including phenoxy) is 1. The second-order valence-corrected chi connectivity index (χ2v) is 7.56. The average Bonchev–Trinajstić information content (AvgIpc) is 2.45. The van der Waals surface area contributed by atoms with E-state index in [-0.39, 0.29) is 6.04 Å². The van der Waals surface area contributed by atoms with E-state index in [9.17, 15) is 0 Å². The normalized spacial score (nSPS) is 12.2. The second-order valence-electron chi connectivity index (χ2n) is 4.70. The van der Waals surface area contributed by atoms with Crippen LogP contribution in [0.4, 0.5) is 0 Å². The van der Waals surface area contributed by atoms with Crippen LogP contribution in [-0.4, -0.2) is 18.9 Å². The van der Waals surface area contributed by atoms with Crippen LogP contribution in [0.5, 0.6) is 5.75 Å². The van der Waals surface area contributed by atoms with Gasteiger partial charge in [-0.2, -0.15) is 0 Å². The SMILES string of the molecule is COc1ccc(CC(N)CSc2cccc(Br)c2)cc1Br. The van der Waals surface area contributed by atoms with Crippen molar-refractivity contribution in [2.24, 2.45) is 5.73 Å². The van der Waals surface area contributed by atoms with E-state index in [4.69, 9.17) is 10.5 Å². The lowest BCUT2D eigenvalue weighted by atomic mass is 10.1. The van der Waals surface area contributed by atoms with Crippen molar-refractivity contribution in [1.82, 2.24) is 0 Å². The Kier molecular flexibility index (Phi) is 6.61. The number of halogens is 2. The zero-order valence-corrected chi connectivity index (χ0v) is 15.7. The molecule has 21 heavy (non-hydrogen) atoms. The van der Waals surface area contributed by atoms with Crippen LogP contribution >= 0.6 is 43.6 Å². The summed E-state index contributed by atoms with van der Waals surface area (Å²) in [5.74, 6) is 1.73. The van der Waals surface area contributed by atoms with Crippen molar-refractivity contribution in [3.63, 3.8) is 0 Å². The maximum Gasteiger partial charge on any atom is 0.133 e. The Balaban J connectivity index is 1.89. The van der Waals surface area contributed by atoms with Gasteiger partial charge in [0.2, 0.25) is 0 Å². The Labute approximate surface area is 146 Å². The number of hydrogen-bond acceptors (Lipinski definition) is 3. The first-order valence-corrected chi connectivity index (χ1v) is 9.12. The largest absolute Gasteiger partial charge is 0.496 e. The van der Waals surface area contributed by atoms with Crippen LogP contribution in [0.3, 0.4) is 0 Å². The van der Waals surface area contributed by atoms with E-state index in [0.29, 0.717) is 0 Å². The summed E-state index contributed by atoms with van der Waals surface area (Å²) in [4.78, 5) is 1.23. The summed E-state index contributed by atoms with van der Waals surface area (Å²) in [5, 5.41) is 0. The first-order chi connectivity index (χ1) is 10.1. The van der Waals surface area contributed by atoms with Gasteiger partial charge in [0.05, 0.1) is 11.6 Å². The zero-order chi connectivity index (χ0) is 15.2. The number of benzene rings is 2. The first kappa shape index (κ1) is 16.9. The van der Waals surface area contributed by atoms with Crippen molar-refractivity contribution in [3.05, 3.63) is 57.0 Å². The minimum absolute atomic E-state index is 0.120. The van der Waals surface area contributed by atoms with Gasteiger partial charge in [0.15, 0.2) is 0 Å². The highest BCUT2D eigenvalue weighted by Crippen LogP contribution is 2.27. The van der Waals surface area contributed by atoms with Gasteiger partial charge in [0.25, 0.3) is 0 Å². The van der Waals surface area contributed by atoms with Crippen LogP contribution in [-0.2, 0) is 6.42 Å². The fourth-order valence-electron chi connectivity index (χ4n) is 1.96. The Hall–Kier alpha value is -0.490. The molecule has 0 saturated heterocycles. The molecule has 2 aromatic rings. The fourth-order valence-corrected chi connectivity index (χ4v) is 4.01. The van der Waals surface area contributed by atoms with Crippen LogP contribution in [0.25, 0.3) is 0 Å². The summed E-state index contributed by atoms with van der Waals surface area (Å²) in [7, 11) is 1.67. The number of hydrogen-bond donors (Lipinski definition) is 1. The number of nitrogens with two attached hydrogens (primary N) is 1. The third-order valence-electron chi connectivity index (χ3n) is 2.97. The second kappa shape index (κ2) is 8.22. The summed E-state index contributed by atoms with van der Waals surface area (Å²) in [6.45, 7) is 0. The van der Waals surface area contributed by atoms with Gasteiger partial charge in [-0.1, -0.05) is 28.1 Å². The summed E-state index contributed by atoms with van der Waals surface area (Å²) in [6.07, 6.45) is 0.851. The van der Waals surface area contributed by atoms with Crippen molar-refractivity contribution in [1.29, 1.82) is 0 Å². The molecular formula is C16H17Br2NOS. The molecule has 0 saturated carbocycles. The van der Waals surface area contributed by atoms with Crippen molar-refractivity contribution in [2.75, 3.05) is 12.9 Å². The molecule has 1 unspecified atom stereocenters. The standard InChI is InChI=1S/C16H17Br2NOS/c1-20-16-6-5-11(8-15(16)18)7-13(19)10-21-14-4-2-3-12(17)9-14/h2-6,8-9,13H,7,10,19H2,1H3. The van der Waals surface area contributed by atoms with E-state index in [0.717, 1.165) is 26.9 Å². The molecule has 0 bridgehead atoms. The van der Waals surface area contributed by atoms with E-state index in [1.54, 1.807) is 18.9 Å². The predicted octanol–water partition coefficient (Wildman–Crippen LogP) is 4.88. The average molecular weight is 431 g/mol. The van der Waals surface area contributed by atoms with Crippen LogP contribution in [0.2, 0.25) is 0 Å². The smallest absolute Gasteiger partial charge is 0.133 e. The van der Waals surface area contributed by atoms with Gasteiger partial charge in [0.1, 0.15) is 5.75 Å². The summed E-state index contributed by atoms with van der Waals surface area (Å²) >= 11 is 8.77. The third kappa shape index (κ3) is 5.33. The fraction of sp³-hybridized carbons (Fsp3) is 0.250. The zero-order valence-electron chi connectivity index (χ0n) is 11.7. The van der Waals surface area contributed by atoms with E-state index in [1.807, 2.05) is 18.2 Å². The van der Waals surface area contributed by atoms with Crippen molar-refractivity contribution < 1.29 is 4.74 Å². The molecule has 0 fully saturated rings. The van der Waals surface area contributed by atoms with E-state index >= 15 is 0 Å². The third-order valence-corrected chi connectivity index (χ3v) is 5.27. The van der Waals surface area contributed by atoms with Gasteiger partial charge in [-0.3, -0.25) is 0 Å². The maximum atomic E-state index is 6.23. The monoisotopic (exact) mass is 429 g/mol. The molecule has 0 heterocycles. The van der Waals surface area contributed by atoms with Crippen molar-refractivity contribution >= 4 is 43.6 Å². The lowest BCUT2D eigenvalue weighted by Gasteiger charge is -2.13. The molecule has 0 spiro atoms. The molecule has 0 aromatic heterocycles. The minimum Gasteiger partial charge on any atom is -0.496 e. The molecule has 0 aliphatic rings. The van der Waals surface area contributed by atoms with Crippen LogP contribution in [0, 0.1) is 0 Å². The van der Waals surface area contributed by atoms with Gasteiger partial charge >= 0.3 is 0 Å². The highest BCUT2D eigenvalue weighted by atomic mass is 79.9. The van der Waals surface area contributed by atoms with E-state index < -0.39 is 0 Å². The van der Waals surface area contributed by atoms with E-state index in [2.05, 4.69) is 56.1 Å².